The highest BCUT2D eigenvalue weighted by Gasteiger charge is 2.30. The Kier molecular flexibility index (Phi) is 6.68. The van der Waals surface area contributed by atoms with Crippen LogP contribution in [0, 0.1) is 22.8 Å². The Morgan fingerprint density at radius 3 is 2.48 bits per heavy atom. The van der Waals surface area contributed by atoms with Gasteiger partial charge >= 0.3 is 5.69 Å². The van der Waals surface area contributed by atoms with E-state index in [1.807, 2.05) is 50.2 Å². The minimum Gasteiger partial charge on any atom is -0.395 e. The number of aliphatic hydroxyl groups excluding tert-OH is 1. The molecule has 4 N–H and O–H groups in total. The monoisotopic (exact) mass is 535 g/mol. The molecule has 8 nitrogen and oxygen atoms in total. The van der Waals surface area contributed by atoms with Crippen LogP contribution in [0.1, 0.15) is 30.5 Å². The lowest BCUT2D eigenvalue weighted by Gasteiger charge is -2.27. The average molecular weight is 535 g/mol. The molecule has 0 bridgehead atoms. The number of hydrogen-bond acceptors (Lipinski definition) is 5. The van der Waals surface area contributed by atoms with E-state index in [0.29, 0.717) is 11.5 Å². The van der Waals surface area contributed by atoms with E-state index < -0.39 is 5.41 Å². The van der Waals surface area contributed by atoms with Crippen molar-refractivity contribution in [1.29, 1.82) is 0 Å². The zero-order valence-electron chi connectivity index (χ0n) is 17.9. The summed E-state index contributed by atoms with van der Waals surface area (Å²) in [6.45, 7) is 7.01. The fourth-order valence-corrected chi connectivity index (χ4v) is 3.69. The number of hydrogen-bond donors (Lipinski definition) is 3. The van der Waals surface area contributed by atoms with Crippen LogP contribution in [0.2, 0.25) is 0 Å². The summed E-state index contributed by atoms with van der Waals surface area (Å²) in [5, 5.41) is 15.1. The van der Waals surface area contributed by atoms with Crippen molar-refractivity contribution < 1.29 is 9.90 Å². The predicted octanol–water partition coefficient (Wildman–Crippen LogP) is 2.67. The SMILES string of the molecule is Cc1ccc(CN(N)C(=O)C(C)(C)CO)c(C)c1-c1nn(-c2ccc(I)cc2)c(=O)[nH]1. The van der Waals surface area contributed by atoms with E-state index in [2.05, 4.69) is 32.7 Å². The van der Waals surface area contributed by atoms with Crippen molar-refractivity contribution in [2.45, 2.75) is 34.2 Å². The molecular formula is C22H26IN5O3. The summed E-state index contributed by atoms with van der Waals surface area (Å²) in [4.78, 5) is 27.9. The molecule has 0 radical (unpaired) electrons. The number of carbonyl (C=O) groups excluding carboxylic acids is 1. The maximum Gasteiger partial charge on any atom is 0.348 e. The number of benzene rings is 2. The van der Waals surface area contributed by atoms with E-state index in [1.165, 1.54) is 4.68 Å². The molecule has 0 fully saturated rings. The molecule has 0 unspecified atom stereocenters. The van der Waals surface area contributed by atoms with Crippen LogP contribution in [0.4, 0.5) is 0 Å². The molecule has 0 spiro atoms. The highest BCUT2D eigenvalue weighted by atomic mass is 127. The summed E-state index contributed by atoms with van der Waals surface area (Å²) in [6, 6.07) is 11.3. The number of aliphatic hydroxyl groups is 1. The minimum absolute atomic E-state index is 0.170. The largest absolute Gasteiger partial charge is 0.395 e. The van der Waals surface area contributed by atoms with E-state index in [-0.39, 0.29) is 24.7 Å². The van der Waals surface area contributed by atoms with E-state index in [9.17, 15) is 14.7 Å². The molecule has 1 aromatic heterocycles. The fourth-order valence-electron chi connectivity index (χ4n) is 3.33. The number of nitrogens with one attached hydrogen (secondary N) is 1. The smallest absolute Gasteiger partial charge is 0.348 e. The lowest BCUT2D eigenvalue weighted by Crippen LogP contribution is -2.46. The van der Waals surface area contributed by atoms with Crippen molar-refractivity contribution in [2.75, 3.05) is 6.61 Å². The van der Waals surface area contributed by atoms with Gasteiger partial charge in [-0.3, -0.25) is 14.8 Å². The molecular weight excluding hydrogens is 509 g/mol. The van der Waals surface area contributed by atoms with Crippen LogP contribution in [0.15, 0.2) is 41.2 Å². The van der Waals surface area contributed by atoms with Gasteiger partial charge in [0.25, 0.3) is 0 Å². The molecule has 164 valence electrons. The second kappa shape index (κ2) is 8.93. The van der Waals surface area contributed by atoms with Gasteiger partial charge in [-0.05, 0) is 91.2 Å². The van der Waals surface area contributed by atoms with Crippen LogP contribution in [-0.2, 0) is 11.3 Å². The van der Waals surface area contributed by atoms with Crippen molar-refractivity contribution in [3.05, 3.63) is 67.1 Å². The quantitative estimate of drug-likeness (QED) is 0.194. The highest BCUT2D eigenvalue weighted by Crippen LogP contribution is 2.28. The van der Waals surface area contributed by atoms with Gasteiger partial charge in [-0.15, -0.1) is 5.10 Å². The first-order valence-corrected chi connectivity index (χ1v) is 10.9. The third-order valence-electron chi connectivity index (χ3n) is 5.29. The maximum absolute atomic E-state index is 12.6. The van der Waals surface area contributed by atoms with Crippen molar-refractivity contribution in [2.24, 2.45) is 11.3 Å². The summed E-state index contributed by atoms with van der Waals surface area (Å²) in [7, 11) is 0. The van der Waals surface area contributed by atoms with Gasteiger partial charge in [0, 0.05) is 9.13 Å². The van der Waals surface area contributed by atoms with Gasteiger partial charge in [0.15, 0.2) is 5.82 Å². The molecule has 1 amide bonds. The zero-order valence-corrected chi connectivity index (χ0v) is 20.1. The van der Waals surface area contributed by atoms with Gasteiger partial charge in [-0.25, -0.2) is 10.6 Å². The van der Waals surface area contributed by atoms with Gasteiger partial charge in [0.05, 0.1) is 24.3 Å². The van der Waals surface area contributed by atoms with Gasteiger partial charge in [0.1, 0.15) is 0 Å². The summed E-state index contributed by atoms with van der Waals surface area (Å²) in [5.41, 5.74) is 2.80. The summed E-state index contributed by atoms with van der Waals surface area (Å²) in [6.07, 6.45) is 0. The molecule has 0 saturated carbocycles. The van der Waals surface area contributed by atoms with Crippen molar-refractivity contribution in [1.82, 2.24) is 19.8 Å². The van der Waals surface area contributed by atoms with Crippen molar-refractivity contribution in [3.8, 4) is 17.1 Å². The van der Waals surface area contributed by atoms with Crippen LogP contribution in [-0.4, -0.2) is 37.4 Å². The first-order valence-electron chi connectivity index (χ1n) is 9.77. The Morgan fingerprint density at radius 2 is 1.87 bits per heavy atom. The number of nitrogens with zero attached hydrogens (tertiary/aromatic N) is 3. The molecule has 0 saturated heterocycles. The predicted molar refractivity (Wildman–Crippen MR) is 127 cm³/mol. The zero-order chi connectivity index (χ0) is 22.9. The maximum atomic E-state index is 12.6. The highest BCUT2D eigenvalue weighted by molar-refractivity contribution is 14.1. The lowest BCUT2D eigenvalue weighted by molar-refractivity contribution is -0.143. The fraction of sp³-hybridized carbons (Fsp3) is 0.318. The lowest BCUT2D eigenvalue weighted by atomic mass is 9.92. The number of carbonyl (C=O) groups is 1. The van der Waals surface area contributed by atoms with Gasteiger partial charge < -0.3 is 5.11 Å². The number of rotatable bonds is 6. The number of halogens is 1. The molecule has 0 aliphatic rings. The Hall–Kier alpha value is -2.50. The van der Waals surface area contributed by atoms with E-state index in [1.54, 1.807) is 13.8 Å². The Balaban J connectivity index is 1.98. The molecule has 31 heavy (non-hydrogen) atoms. The van der Waals surface area contributed by atoms with E-state index >= 15 is 0 Å². The van der Waals surface area contributed by atoms with Crippen LogP contribution in [0.3, 0.4) is 0 Å². The van der Waals surface area contributed by atoms with Crippen LogP contribution in [0.5, 0.6) is 0 Å². The average Bonchev–Trinajstić information content (AvgIpc) is 3.11. The molecule has 9 heteroatoms. The minimum atomic E-state index is -0.965. The summed E-state index contributed by atoms with van der Waals surface area (Å²) in [5.74, 6) is 6.11. The summed E-state index contributed by atoms with van der Waals surface area (Å²) >= 11 is 2.20. The summed E-state index contributed by atoms with van der Waals surface area (Å²) < 4.78 is 2.40. The van der Waals surface area contributed by atoms with E-state index in [0.717, 1.165) is 30.8 Å². The standard InChI is InChI=1S/C22H26IN5O3/c1-13-5-6-15(11-27(24)20(30)22(3,4)12-29)14(2)18(13)19-25-21(31)28(26-19)17-9-7-16(23)8-10-17/h5-10,29H,11-12,24H2,1-4H3,(H,25,26,31). The number of H-pyrrole nitrogens is 1. The van der Waals surface area contributed by atoms with Crippen LogP contribution < -0.4 is 11.5 Å². The molecule has 0 aliphatic carbocycles. The number of nitrogens with two attached hydrogens (primary N) is 1. The van der Waals surface area contributed by atoms with E-state index in [4.69, 9.17) is 5.84 Å². The normalized spacial score (nSPS) is 11.6. The first-order chi connectivity index (χ1) is 14.5. The third-order valence-corrected chi connectivity index (χ3v) is 6.01. The van der Waals surface area contributed by atoms with Crippen LogP contribution in [0.25, 0.3) is 17.1 Å². The number of hydrazine groups is 1. The molecule has 3 aromatic rings. The topological polar surface area (TPSA) is 117 Å². The Labute approximate surface area is 194 Å². The number of aryl methyl sites for hydroxylation is 1. The first kappa shape index (κ1) is 23.2. The van der Waals surface area contributed by atoms with Crippen molar-refractivity contribution in [3.63, 3.8) is 0 Å². The molecule has 0 aliphatic heterocycles. The molecule has 2 aromatic carbocycles. The molecule has 3 rings (SSSR count). The second-order valence-electron chi connectivity index (χ2n) is 8.18. The number of aromatic nitrogens is 3. The Morgan fingerprint density at radius 1 is 1.23 bits per heavy atom. The van der Waals surface area contributed by atoms with Crippen LogP contribution >= 0.6 is 22.6 Å². The second-order valence-corrected chi connectivity index (χ2v) is 9.43. The van der Waals surface area contributed by atoms with Crippen molar-refractivity contribution >= 4 is 28.5 Å². The van der Waals surface area contributed by atoms with Gasteiger partial charge in [0.2, 0.25) is 5.91 Å². The molecule has 1 heterocycles. The number of aromatic amines is 1. The third kappa shape index (κ3) is 4.73. The van der Waals surface area contributed by atoms with Gasteiger partial charge in [-0.1, -0.05) is 12.1 Å². The number of amides is 1. The van der Waals surface area contributed by atoms with Gasteiger partial charge in [-0.2, -0.15) is 4.68 Å². The Bertz CT molecular complexity index is 1160. The molecule has 0 atom stereocenters.